The van der Waals surface area contributed by atoms with Gasteiger partial charge < -0.3 is 10.1 Å². The molecule has 8 nitrogen and oxygen atoms in total. The first-order chi connectivity index (χ1) is 15.1. The molecule has 0 bridgehead atoms. The quantitative estimate of drug-likeness (QED) is 0.627. The average Bonchev–Trinajstić information content (AvgIpc) is 3.42. The van der Waals surface area contributed by atoms with E-state index in [4.69, 9.17) is 4.74 Å². The lowest BCUT2D eigenvalue weighted by molar-refractivity contribution is -0.118. The lowest BCUT2D eigenvalue weighted by atomic mass is 10.1. The molecule has 1 aliphatic heterocycles. The number of nitrogens with one attached hydrogen (secondary N) is 1. The molecule has 1 saturated heterocycles. The molecule has 2 atom stereocenters. The van der Waals surface area contributed by atoms with Gasteiger partial charge in [0.2, 0.25) is 11.1 Å². The van der Waals surface area contributed by atoms with Gasteiger partial charge in [-0.05, 0) is 48.2 Å². The Kier molecular flexibility index (Phi) is 7.58. The molecule has 1 N–H and O–H groups in total. The van der Waals surface area contributed by atoms with Crippen LogP contribution in [0.25, 0.3) is 0 Å². The Hall–Kier alpha value is -1.97. The highest BCUT2D eigenvalue weighted by Gasteiger charge is 2.23. The Morgan fingerprint density at radius 2 is 1.87 bits per heavy atom. The van der Waals surface area contributed by atoms with Crippen LogP contribution in [0.4, 0.5) is 0 Å². The molecule has 1 aliphatic carbocycles. The summed E-state index contributed by atoms with van der Waals surface area (Å²) in [6.45, 7) is 7.49. The van der Waals surface area contributed by atoms with Crippen LogP contribution in [-0.2, 0) is 22.6 Å². The Labute approximate surface area is 188 Å². The van der Waals surface area contributed by atoms with Gasteiger partial charge >= 0.3 is 0 Å². The number of tetrazole rings is 1. The van der Waals surface area contributed by atoms with Crippen LogP contribution in [0.5, 0.6) is 0 Å². The van der Waals surface area contributed by atoms with Crippen molar-refractivity contribution in [3.05, 3.63) is 35.4 Å². The second kappa shape index (κ2) is 10.6. The number of thioether (sulfide) groups is 1. The fourth-order valence-electron chi connectivity index (χ4n) is 4.57. The van der Waals surface area contributed by atoms with E-state index in [-0.39, 0.29) is 18.1 Å². The lowest BCUT2D eigenvalue weighted by Gasteiger charge is -2.35. The standard InChI is InChI=1S/C22H32N6O2S/c1-16-12-27(13-17(2)30-16)14-19-8-4-3-7-18(19)11-23-21(29)15-31-22-24-25-26-28(22)20-9-5-6-10-20/h3-4,7-8,16-17,20H,5-6,9-15H2,1-2H3,(H,23,29). The Morgan fingerprint density at radius 1 is 1.16 bits per heavy atom. The van der Waals surface area contributed by atoms with Crippen molar-refractivity contribution in [3.8, 4) is 0 Å². The van der Waals surface area contributed by atoms with E-state index in [0.29, 0.717) is 18.3 Å². The summed E-state index contributed by atoms with van der Waals surface area (Å²) in [5, 5.41) is 15.9. The minimum absolute atomic E-state index is 0.00519. The summed E-state index contributed by atoms with van der Waals surface area (Å²) in [7, 11) is 0. The van der Waals surface area contributed by atoms with Crippen LogP contribution >= 0.6 is 11.8 Å². The highest BCUT2D eigenvalue weighted by molar-refractivity contribution is 7.99. The third kappa shape index (κ3) is 6.05. The first-order valence-electron chi connectivity index (χ1n) is 11.2. The SMILES string of the molecule is CC1CN(Cc2ccccc2CNC(=O)CSc2nnnn2C2CCCC2)CC(C)O1. The number of hydrogen-bond donors (Lipinski definition) is 1. The summed E-state index contributed by atoms with van der Waals surface area (Å²) in [6.07, 6.45) is 5.15. The van der Waals surface area contributed by atoms with Gasteiger partial charge in [0.1, 0.15) is 0 Å². The average molecular weight is 445 g/mol. The van der Waals surface area contributed by atoms with E-state index in [1.807, 2.05) is 10.7 Å². The largest absolute Gasteiger partial charge is 0.373 e. The number of carbonyl (C=O) groups is 1. The van der Waals surface area contributed by atoms with Gasteiger partial charge in [-0.2, -0.15) is 0 Å². The number of carbonyl (C=O) groups excluding carboxylic acids is 1. The molecule has 2 fully saturated rings. The second-order valence-electron chi connectivity index (χ2n) is 8.63. The Balaban J connectivity index is 1.28. The van der Waals surface area contributed by atoms with Crippen molar-refractivity contribution in [1.29, 1.82) is 0 Å². The van der Waals surface area contributed by atoms with E-state index in [0.717, 1.165) is 43.2 Å². The van der Waals surface area contributed by atoms with Crippen molar-refractivity contribution in [2.75, 3.05) is 18.8 Å². The van der Waals surface area contributed by atoms with Gasteiger partial charge in [0.05, 0.1) is 24.0 Å². The zero-order chi connectivity index (χ0) is 21.6. The van der Waals surface area contributed by atoms with Crippen molar-refractivity contribution in [3.63, 3.8) is 0 Å². The molecule has 0 radical (unpaired) electrons. The van der Waals surface area contributed by atoms with Crippen molar-refractivity contribution in [2.24, 2.45) is 0 Å². The number of nitrogens with zero attached hydrogens (tertiary/aromatic N) is 5. The van der Waals surface area contributed by atoms with Crippen molar-refractivity contribution >= 4 is 17.7 Å². The highest BCUT2D eigenvalue weighted by atomic mass is 32.2. The van der Waals surface area contributed by atoms with Gasteiger partial charge in [-0.15, -0.1) is 5.10 Å². The van der Waals surface area contributed by atoms with Gasteiger partial charge in [-0.3, -0.25) is 9.69 Å². The summed E-state index contributed by atoms with van der Waals surface area (Å²) in [6, 6.07) is 8.71. The molecule has 2 unspecified atom stereocenters. The summed E-state index contributed by atoms with van der Waals surface area (Å²) in [4.78, 5) is 14.9. The molecule has 168 valence electrons. The molecule has 31 heavy (non-hydrogen) atoms. The van der Waals surface area contributed by atoms with Gasteiger partial charge in [0.15, 0.2) is 0 Å². The highest BCUT2D eigenvalue weighted by Crippen LogP contribution is 2.31. The molecule has 1 amide bonds. The Morgan fingerprint density at radius 3 is 2.61 bits per heavy atom. The fourth-order valence-corrected chi connectivity index (χ4v) is 5.35. The lowest BCUT2D eigenvalue weighted by Crippen LogP contribution is -2.45. The van der Waals surface area contributed by atoms with Crippen LogP contribution in [0, 0.1) is 0 Å². The van der Waals surface area contributed by atoms with E-state index >= 15 is 0 Å². The third-order valence-electron chi connectivity index (χ3n) is 5.95. The molecule has 4 rings (SSSR count). The van der Waals surface area contributed by atoms with Crippen LogP contribution in [0.15, 0.2) is 29.4 Å². The van der Waals surface area contributed by atoms with E-state index in [9.17, 15) is 4.79 Å². The Bertz CT molecular complexity index is 859. The van der Waals surface area contributed by atoms with E-state index in [1.54, 1.807) is 0 Å². The molecular formula is C22H32N6O2S. The predicted molar refractivity (Wildman–Crippen MR) is 120 cm³/mol. The molecule has 2 heterocycles. The summed E-state index contributed by atoms with van der Waals surface area (Å²) >= 11 is 1.41. The van der Waals surface area contributed by atoms with E-state index in [1.165, 1.54) is 30.2 Å². The van der Waals surface area contributed by atoms with Gasteiger partial charge in [-0.1, -0.05) is 48.9 Å². The summed E-state index contributed by atoms with van der Waals surface area (Å²) in [5.74, 6) is 0.308. The maximum Gasteiger partial charge on any atom is 0.230 e. The molecule has 0 spiro atoms. The molecule has 1 aromatic heterocycles. The van der Waals surface area contributed by atoms with Crippen LogP contribution in [0.3, 0.4) is 0 Å². The predicted octanol–water partition coefficient (Wildman–Crippen LogP) is 2.81. The first-order valence-corrected chi connectivity index (χ1v) is 12.2. The van der Waals surface area contributed by atoms with Crippen molar-refractivity contribution in [2.45, 2.75) is 76.0 Å². The number of ether oxygens (including phenoxy) is 1. The second-order valence-corrected chi connectivity index (χ2v) is 9.57. The first kappa shape index (κ1) is 22.2. The van der Waals surface area contributed by atoms with Gasteiger partial charge in [0.25, 0.3) is 0 Å². The van der Waals surface area contributed by atoms with Gasteiger partial charge in [0, 0.05) is 26.2 Å². The summed E-state index contributed by atoms with van der Waals surface area (Å²) in [5.41, 5.74) is 2.41. The number of hydrogen-bond acceptors (Lipinski definition) is 7. The zero-order valence-corrected chi connectivity index (χ0v) is 19.2. The number of amides is 1. The molecule has 1 aromatic carbocycles. The molecular weight excluding hydrogens is 412 g/mol. The number of rotatable bonds is 8. The third-order valence-corrected chi connectivity index (χ3v) is 6.88. The molecule has 2 aromatic rings. The van der Waals surface area contributed by atoms with Gasteiger partial charge in [-0.25, -0.2) is 4.68 Å². The number of morpholine rings is 1. The maximum absolute atomic E-state index is 12.5. The van der Waals surface area contributed by atoms with E-state index < -0.39 is 0 Å². The number of aromatic nitrogens is 4. The van der Waals surface area contributed by atoms with E-state index in [2.05, 4.69) is 57.8 Å². The van der Waals surface area contributed by atoms with Crippen molar-refractivity contribution < 1.29 is 9.53 Å². The van der Waals surface area contributed by atoms with Crippen LogP contribution in [-0.4, -0.2) is 62.1 Å². The fraction of sp³-hybridized carbons (Fsp3) is 0.636. The minimum atomic E-state index is -0.00519. The van der Waals surface area contributed by atoms with Crippen LogP contribution < -0.4 is 5.32 Å². The number of benzene rings is 1. The zero-order valence-electron chi connectivity index (χ0n) is 18.4. The smallest absolute Gasteiger partial charge is 0.230 e. The topological polar surface area (TPSA) is 85.2 Å². The molecule has 1 saturated carbocycles. The molecule has 9 heteroatoms. The van der Waals surface area contributed by atoms with Crippen molar-refractivity contribution in [1.82, 2.24) is 30.4 Å². The normalized spacial score (nSPS) is 22.6. The monoisotopic (exact) mass is 444 g/mol. The summed E-state index contributed by atoms with van der Waals surface area (Å²) < 4.78 is 7.74. The van der Waals surface area contributed by atoms with Crippen LogP contribution in [0.2, 0.25) is 0 Å². The van der Waals surface area contributed by atoms with Crippen LogP contribution in [0.1, 0.15) is 56.7 Å². The molecule has 2 aliphatic rings. The maximum atomic E-state index is 12.5. The minimum Gasteiger partial charge on any atom is -0.373 e.